The van der Waals surface area contributed by atoms with Crippen LogP contribution in [0.3, 0.4) is 0 Å². The number of hydrogen-bond acceptors (Lipinski definition) is 4. The number of esters is 1. The molecule has 0 unspecified atom stereocenters. The van der Waals surface area contributed by atoms with Crippen molar-refractivity contribution >= 4 is 23.5 Å². The quantitative estimate of drug-likeness (QED) is 0.782. The van der Waals surface area contributed by atoms with Crippen molar-refractivity contribution in [3.8, 4) is 0 Å². The van der Waals surface area contributed by atoms with E-state index in [9.17, 15) is 14.4 Å². The third kappa shape index (κ3) is 5.02. The van der Waals surface area contributed by atoms with Gasteiger partial charge in [-0.25, -0.2) is 4.79 Å². The van der Waals surface area contributed by atoms with Crippen LogP contribution >= 0.6 is 0 Å². The number of amides is 2. The number of nitrogens with one attached hydrogen (secondary N) is 1. The molecule has 0 spiro atoms. The summed E-state index contributed by atoms with van der Waals surface area (Å²) in [7, 11) is 0. The average Bonchev–Trinajstić information content (AvgIpc) is 2.74. The summed E-state index contributed by atoms with van der Waals surface area (Å²) in [6.07, 6.45) is 1.98. The summed E-state index contributed by atoms with van der Waals surface area (Å²) in [4.78, 5) is 39.5. The summed E-state index contributed by atoms with van der Waals surface area (Å²) in [6, 6.07) is 14.2. The molecule has 1 aliphatic heterocycles. The van der Waals surface area contributed by atoms with Crippen LogP contribution in [-0.4, -0.2) is 35.8 Å². The van der Waals surface area contributed by atoms with Gasteiger partial charge in [0.15, 0.2) is 0 Å². The average molecular weight is 394 g/mol. The third-order valence-electron chi connectivity index (χ3n) is 5.01. The van der Waals surface area contributed by atoms with Crippen LogP contribution in [0.2, 0.25) is 0 Å². The van der Waals surface area contributed by atoms with Gasteiger partial charge in [-0.1, -0.05) is 42.5 Å². The van der Waals surface area contributed by atoms with Crippen molar-refractivity contribution in [2.75, 3.05) is 18.4 Å². The molecular formula is C23H26N2O4. The van der Waals surface area contributed by atoms with Gasteiger partial charge < -0.3 is 15.0 Å². The van der Waals surface area contributed by atoms with Crippen LogP contribution in [0.15, 0.2) is 48.5 Å². The van der Waals surface area contributed by atoms with Crippen molar-refractivity contribution in [2.24, 2.45) is 0 Å². The topological polar surface area (TPSA) is 75.7 Å². The van der Waals surface area contributed by atoms with Gasteiger partial charge in [-0.05, 0) is 37.8 Å². The van der Waals surface area contributed by atoms with Crippen LogP contribution in [0.4, 0.5) is 5.69 Å². The molecule has 1 fully saturated rings. The minimum absolute atomic E-state index is 0.210. The smallest absolute Gasteiger partial charge is 0.341 e. The summed E-state index contributed by atoms with van der Waals surface area (Å²) in [5.74, 6) is -1.13. The Morgan fingerprint density at radius 3 is 2.31 bits per heavy atom. The van der Waals surface area contributed by atoms with Gasteiger partial charge in [0.1, 0.15) is 0 Å². The maximum absolute atomic E-state index is 13.2. The van der Waals surface area contributed by atoms with E-state index in [1.54, 1.807) is 42.2 Å². The van der Waals surface area contributed by atoms with Crippen LogP contribution in [0.1, 0.15) is 53.8 Å². The second-order valence-corrected chi connectivity index (χ2v) is 7.26. The molecule has 1 aliphatic rings. The van der Waals surface area contributed by atoms with Gasteiger partial charge in [0.25, 0.3) is 5.91 Å². The Balaban J connectivity index is 1.90. The lowest BCUT2D eigenvalue weighted by Crippen LogP contribution is -2.40. The van der Waals surface area contributed by atoms with Crippen molar-refractivity contribution in [2.45, 2.75) is 39.2 Å². The second kappa shape index (κ2) is 9.37. The number of rotatable bonds is 5. The number of aryl methyl sites for hydroxylation is 1. The lowest BCUT2D eigenvalue weighted by atomic mass is 10.0. The van der Waals surface area contributed by atoms with Crippen LogP contribution in [-0.2, 0) is 14.3 Å². The number of ether oxygens (including phenoxy) is 1. The summed E-state index contributed by atoms with van der Waals surface area (Å²) < 4.78 is 5.73. The standard InChI is InChI=1S/C23H26N2O4/c1-16-10-9-13-19(20(16)24-17(2)26)23(28)29-21(18-11-5-3-6-12-18)22(27)25-14-7-4-8-15-25/h3,5-6,9-13,21H,4,7-8,14-15H2,1-2H3,(H,24,26)/t21-/m1/s1. The fourth-order valence-electron chi connectivity index (χ4n) is 3.52. The van der Waals surface area contributed by atoms with Crippen molar-refractivity contribution in [1.29, 1.82) is 0 Å². The molecule has 0 aromatic heterocycles. The highest BCUT2D eigenvalue weighted by Gasteiger charge is 2.31. The first-order valence-electron chi connectivity index (χ1n) is 9.89. The Kier molecular flexibility index (Phi) is 6.65. The summed E-state index contributed by atoms with van der Waals surface area (Å²) in [5, 5.41) is 2.69. The SMILES string of the molecule is CC(=O)Nc1c(C)cccc1C(=O)O[C@@H](C(=O)N1CCCCC1)c1ccccc1. The molecule has 1 heterocycles. The van der Waals surface area contributed by atoms with Crippen molar-refractivity contribution < 1.29 is 19.1 Å². The molecule has 0 radical (unpaired) electrons. The summed E-state index contributed by atoms with van der Waals surface area (Å²) >= 11 is 0. The van der Waals surface area contributed by atoms with Crippen LogP contribution < -0.4 is 5.32 Å². The third-order valence-corrected chi connectivity index (χ3v) is 5.01. The zero-order valence-corrected chi connectivity index (χ0v) is 16.8. The first kappa shape index (κ1) is 20.6. The molecule has 6 heteroatoms. The molecule has 0 saturated carbocycles. The van der Waals surface area contributed by atoms with E-state index >= 15 is 0 Å². The van der Waals surface area contributed by atoms with E-state index in [0.717, 1.165) is 24.8 Å². The van der Waals surface area contributed by atoms with E-state index in [2.05, 4.69) is 5.32 Å². The van der Waals surface area contributed by atoms with E-state index in [-0.39, 0.29) is 17.4 Å². The number of piperidine rings is 1. The summed E-state index contributed by atoms with van der Waals surface area (Å²) in [5.41, 5.74) is 2.01. The molecule has 2 aromatic carbocycles. The molecule has 0 bridgehead atoms. The number of benzene rings is 2. The maximum Gasteiger partial charge on any atom is 0.341 e. The van der Waals surface area contributed by atoms with Crippen LogP contribution in [0, 0.1) is 6.92 Å². The van der Waals surface area contributed by atoms with Crippen molar-refractivity contribution in [3.05, 3.63) is 65.2 Å². The highest BCUT2D eigenvalue weighted by Crippen LogP contribution is 2.27. The molecule has 3 rings (SSSR count). The molecule has 29 heavy (non-hydrogen) atoms. The van der Waals surface area contributed by atoms with Gasteiger partial charge in [-0.15, -0.1) is 0 Å². The molecule has 1 atom stereocenters. The second-order valence-electron chi connectivity index (χ2n) is 7.26. The monoisotopic (exact) mass is 394 g/mol. The molecule has 2 amide bonds. The first-order valence-corrected chi connectivity index (χ1v) is 9.89. The number of carbonyl (C=O) groups is 3. The number of carbonyl (C=O) groups excluding carboxylic acids is 3. The van der Waals surface area contributed by atoms with E-state index < -0.39 is 12.1 Å². The molecular weight excluding hydrogens is 368 g/mol. The highest BCUT2D eigenvalue weighted by atomic mass is 16.5. The van der Waals surface area contributed by atoms with Gasteiger partial charge in [0.05, 0.1) is 11.3 Å². The van der Waals surface area contributed by atoms with Gasteiger partial charge in [-0.2, -0.15) is 0 Å². The molecule has 6 nitrogen and oxygen atoms in total. The number of nitrogens with zero attached hydrogens (tertiary/aromatic N) is 1. The van der Waals surface area contributed by atoms with Gasteiger partial charge in [-0.3, -0.25) is 9.59 Å². The predicted molar refractivity (Wildman–Crippen MR) is 111 cm³/mol. The van der Waals surface area contributed by atoms with E-state index in [4.69, 9.17) is 4.74 Å². The number of hydrogen-bond donors (Lipinski definition) is 1. The van der Waals surface area contributed by atoms with E-state index in [1.807, 2.05) is 18.2 Å². The Morgan fingerprint density at radius 1 is 0.966 bits per heavy atom. The highest BCUT2D eigenvalue weighted by molar-refractivity contribution is 6.02. The lowest BCUT2D eigenvalue weighted by molar-refractivity contribution is -0.142. The van der Waals surface area contributed by atoms with Crippen molar-refractivity contribution in [3.63, 3.8) is 0 Å². The largest absolute Gasteiger partial charge is 0.444 e. The number of anilines is 1. The molecule has 1 saturated heterocycles. The fraction of sp³-hybridized carbons (Fsp3) is 0.348. The maximum atomic E-state index is 13.2. The normalized spacial score (nSPS) is 14.8. The Bertz CT molecular complexity index is 889. The molecule has 1 N–H and O–H groups in total. The van der Waals surface area contributed by atoms with E-state index in [0.29, 0.717) is 24.3 Å². The fourth-order valence-corrected chi connectivity index (χ4v) is 3.52. The first-order chi connectivity index (χ1) is 14.0. The number of para-hydroxylation sites is 1. The minimum atomic E-state index is -1.02. The van der Waals surface area contributed by atoms with Gasteiger partial charge in [0, 0.05) is 25.6 Å². The zero-order chi connectivity index (χ0) is 20.8. The van der Waals surface area contributed by atoms with Crippen LogP contribution in [0.5, 0.6) is 0 Å². The van der Waals surface area contributed by atoms with E-state index in [1.165, 1.54) is 6.92 Å². The number of likely N-dealkylation sites (tertiary alicyclic amines) is 1. The minimum Gasteiger partial charge on any atom is -0.444 e. The molecule has 2 aromatic rings. The zero-order valence-electron chi connectivity index (χ0n) is 16.8. The van der Waals surface area contributed by atoms with Crippen LogP contribution in [0.25, 0.3) is 0 Å². The predicted octanol–water partition coefficient (Wildman–Crippen LogP) is 3.86. The molecule has 152 valence electrons. The Morgan fingerprint density at radius 2 is 1.66 bits per heavy atom. The van der Waals surface area contributed by atoms with Crippen molar-refractivity contribution in [1.82, 2.24) is 4.90 Å². The Hall–Kier alpha value is -3.15. The van der Waals surface area contributed by atoms with Gasteiger partial charge in [0.2, 0.25) is 12.0 Å². The molecule has 0 aliphatic carbocycles. The summed E-state index contributed by atoms with van der Waals surface area (Å²) in [6.45, 7) is 4.52. The Labute approximate surface area is 170 Å². The van der Waals surface area contributed by atoms with Gasteiger partial charge >= 0.3 is 5.97 Å². The lowest BCUT2D eigenvalue weighted by Gasteiger charge is -2.30.